The molecule has 1 aliphatic rings. The normalized spacial score (nSPS) is 21.1. The summed E-state index contributed by atoms with van der Waals surface area (Å²) in [7, 11) is 5.65. The van der Waals surface area contributed by atoms with E-state index in [1.807, 2.05) is 18.8 Å². The fraction of sp³-hybridized carbons (Fsp3) is 0.786. The molecule has 0 radical (unpaired) electrons. The lowest BCUT2D eigenvalue weighted by molar-refractivity contribution is -0.0141. The Morgan fingerprint density at radius 2 is 2.40 bits per heavy atom. The second kappa shape index (κ2) is 7.06. The summed E-state index contributed by atoms with van der Waals surface area (Å²) in [5, 5.41) is 15.0. The van der Waals surface area contributed by atoms with Crippen molar-refractivity contribution in [3.8, 4) is 5.75 Å². The first-order valence-corrected chi connectivity index (χ1v) is 7.13. The van der Waals surface area contributed by atoms with Crippen molar-refractivity contribution in [1.29, 1.82) is 0 Å². The van der Waals surface area contributed by atoms with Crippen LogP contribution in [0.15, 0.2) is 6.20 Å². The minimum absolute atomic E-state index is 0.118. The molecule has 2 heterocycles. The maximum atomic E-state index is 10.7. The lowest BCUT2D eigenvalue weighted by Crippen LogP contribution is -2.27. The Morgan fingerprint density at radius 3 is 3.00 bits per heavy atom. The van der Waals surface area contributed by atoms with E-state index < -0.39 is 6.10 Å². The van der Waals surface area contributed by atoms with E-state index in [9.17, 15) is 5.11 Å². The summed E-state index contributed by atoms with van der Waals surface area (Å²) in [6.45, 7) is 2.99. The van der Waals surface area contributed by atoms with Crippen molar-refractivity contribution >= 4 is 0 Å². The zero-order chi connectivity index (χ0) is 14.5. The summed E-state index contributed by atoms with van der Waals surface area (Å²) >= 11 is 0. The van der Waals surface area contributed by atoms with E-state index in [0.29, 0.717) is 12.4 Å². The Bertz CT molecular complexity index is 414. The molecule has 1 aromatic rings. The Kier molecular flexibility index (Phi) is 5.39. The number of nitrogens with zero attached hydrogens (tertiary/aromatic N) is 3. The molecule has 1 aliphatic heterocycles. The quantitative estimate of drug-likeness (QED) is 0.841. The van der Waals surface area contributed by atoms with Gasteiger partial charge in [-0.05, 0) is 26.9 Å². The second-order valence-electron chi connectivity index (χ2n) is 5.55. The molecule has 0 aromatic carbocycles. The number of methoxy groups -OCH3 is 1. The molecular weight excluding hydrogens is 258 g/mol. The van der Waals surface area contributed by atoms with Gasteiger partial charge in [-0.3, -0.25) is 4.68 Å². The number of hydrogen-bond donors (Lipinski definition) is 1. The zero-order valence-corrected chi connectivity index (χ0v) is 12.6. The third-order valence-corrected chi connectivity index (χ3v) is 3.75. The molecule has 0 bridgehead atoms. The topological polar surface area (TPSA) is 59.8 Å². The molecule has 0 amide bonds. The van der Waals surface area contributed by atoms with Crippen molar-refractivity contribution < 1.29 is 14.6 Å². The summed E-state index contributed by atoms with van der Waals surface area (Å²) in [5.41, 5.74) is 0.768. The van der Waals surface area contributed by atoms with Gasteiger partial charge < -0.3 is 19.5 Å². The molecule has 0 spiro atoms. The SMILES string of the molecule is COc1cnn(CCN(C)C)c1C(O)C1CCCOC1. The minimum atomic E-state index is -0.588. The van der Waals surface area contributed by atoms with E-state index in [4.69, 9.17) is 9.47 Å². The number of aromatic nitrogens is 2. The maximum absolute atomic E-state index is 10.7. The molecule has 2 unspecified atom stereocenters. The van der Waals surface area contributed by atoms with Crippen molar-refractivity contribution in [2.75, 3.05) is 41.0 Å². The molecule has 20 heavy (non-hydrogen) atoms. The molecule has 0 aliphatic carbocycles. The molecular formula is C14H25N3O3. The van der Waals surface area contributed by atoms with Crippen LogP contribution in [-0.4, -0.2) is 60.8 Å². The smallest absolute Gasteiger partial charge is 0.162 e. The van der Waals surface area contributed by atoms with Gasteiger partial charge in [0.05, 0.1) is 26.5 Å². The molecule has 0 saturated carbocycles. The first kappa shape index (κ1) is 15.3. The molecule has 1 aromatic heterocycles. The van der Waals surface area contributed by atoms with E-state index in [1.165, 1.54) is 0 Å². The molecule has 6 nitrogen and oxygen atoms in total. The van der Waals surface area contributed by atoms with E-state index >= 15 is 0 Å². The average molecular weight is 283 g/mol. The van der Waals surface area contributed by atoms with Gasteiger partial charge in [0.15, 0.2) is 5.75 Å². The van der Waals surface area contributed by atoms with Crippen LogP contribution in [0.5, 0.6) is 5.75 Å². The third kappa shape index (κ3) is 3.50. The largest absolute Gasteiger partial charge is 0.493 e. The molecule has 1 fully saturated rings. The van der Waals surface area contributed by atoms with E-state index in [2.05, 4.69) is 10.00 Å². The van der Waals surface area contributed by atoms with Gasteiger partial charge in [-0.15, -0.1) is 0 Å². The first-order chi connectivity index (χ1) is 9.63. The fourth-order valence-electron chi connectivity index (χ4n) is 2.54. The molecule has 6 heteroatoms. The average Bonchev–Trinajstić information content (AvgIpc) is 2.88. The van der Waals surface area contributed by atoms with Crippen LogP contribution in [0.2, 0.25) is 0 Å². The number of likely N-dealkylation sites (N-methyl/N-ethyl adjacent to an activating group) is 1. The maximum Gasteiger partial charge on any atom is 0.162 e. The molecule has 1 saturated heterocycles. The summed E-state index contributed by atoms with van der Waals surface area (Å²) < 4.78 is 12.7. The van der Waals surface area contributed by atoms with Crippen molar-refractivity contribution in [3.63, 3.8) is 0 Å². The summed E-state index contributed by atoms with van der Waals surface area (Å²) in [6.07, 6.45) is 3.06. The highest BCUT2D eigenvalue weighted by atomic mass is 16.5. The highest BCUT2D eigenvalue weighted by molar-refractivity contribution is 5.28. The number of ether oxygens (including phenoxy) is 2. The number of hydrogen-bond acceptors (Lipinski definition) is 5. The first-order valence-electron chi connectivity index (χ1n) is 7.13. The number of aliphatic hydroxyl groups is 1. The van der Waals surface area contributed by atoms with Gasteiger partial charge in [0.25, 0.3) is 0 Å². The van der Waals surface area contributed by atoms with E-state index in [-0.39, 0.29) is 5.92 Å². The van der Waals surface area contributed by atoms with Crippen LogP contribution in [0.4, 0.5) is 0 Å². The van der Waals surface area contributed by atoms with Gasteiger partial charge in [0.2, 0.25) is 0 Å². The van der Waals surface area contributed by atoms with E-state index in [0.717, 1.165) is 38.2 Å². The highest BCUT2D eigenvalue weighted by Crippen LogP contribution is 2.33. The fourth-order valence-corrected chi connectivity index (χ4v) is 2.54. The predicted octanol–water partition coefficient (Wildman–Crippen LogP) is 0.913. The standard InChI is InChI=1S/C14H25N3O3/c1-16(2)6-7-17-13(12(19-3)9-15-17)14(18)11-5-4-8-20-10-11/h9,11,14,18H,4-8,10H2,1-3H3. The van der Waals surface area contributed by atoms with Crippen molar-refractivity contribution in [3.05, 3.63) is 11.9 Å². The molecule has 114 valence electrons. The highest BCUT2D eigenvalue weighted by Gasteiger charge is 2.29. The Balaban J connectivity index is 2.16. The lowest BCUT2D eigenvalue weighted by Gasteiger charge is -2.27. The van der Waals surface area contributed by atoms with Gasteiger partial charge in [0.1, 0.15) is 11.8 Å². The molecule has 2 atom stereocenters. The van der Waals surface area contributed by atoms with Gasteiger partial charge in [-0.1, -0.05) is 0 Å². The zero-order valence-electron chi connectivity index (χ0n) is 12.6. The molecule has 2 rings (SSSR count). The van der Waals surface area contributed by atoms with Crippen LogP contribution < -0.4 is 4.74 Å². The van der Waals surface area contributed by atoms with Crippen molar-refractivity contribution in [2.24, 2.45) is 5.92 Å². The second-order valence-corrected chi connectivity index (χ2v) is 5.55. The monoisotopic (exact) mass is 283 g/mol. The predicted molar refractivity (Wildman–Crippen MR) is 75.8 cm³/mol. The van der Waals surface area contributed by atoms with Crippen LogP contribution in [0.3, 0.4) is 0 Å². The van der Waals surface area contributed by atoms with Crippen molar-refractivity contribution in [2.45, 2.75) is 25.5 Å². The van der Waals surface area contributed by atoms with Gasteiger partial charge in [0, 0.05) is 19.1 Å². The van der Waals surface area contributed by atoms with Crippen LogP contribution in [-0.2, 0) is 11.3 Å². The summed E-state index contributed by atoms with van der Waals surface area (Å²) in [6, 6.07) is 0. The minimum Gasteiger partial charge on any atom is -0.493 e. The third-order valence-electron chi connectivity index (χ3n) is 3.75. The molecule has 1 N–H and O–H groups in total. The number of rotatable bonds is 6. The Morgan fingerprint density at radius 1 is 1.60 bits per heavy atom. The Hall–Kier alpha value is -1.11. The summed E-state index contributed by atoms with van der Waals surface area (Å²) in [5.74, 6) is 0.772. The van der Waals surface area contributed by atoms with Crippen LogP contribution in [0, 0.1) is 5.92 Å². The summed E-state index contributed by atoms with van der Waals surface area (Å²) in [4.78, 5) is 2.09. The van der Waals surface area contributed by atoms with Crippen molar-refractivity contribution in [1.82, 2.24) is 14.7 Å². The van der Waals surface area contributed by atoms with E-state index in [1.54, 1.807) is 13.3 Å². The number of aliphatic hydroxyl groups excluding tert-OH is 1. The van der Waals surface area contributed by atoms with Gasteiger partial charge >= 0.3 is 0 Å². The van der Waals surface area contributed by atoms with Crippen LogP contribution in [0.25, 0.3) is 0 Å². The van der Waals surface area contributed by atoms with Gasteiger partial charge in [-0.25, -0.2) is 0 Å². The van der Waals surface area contributed by atoms with Crippen LogP contribution in [0.1, 0.15) is 24.6 Å². The lowest BCUT2D eigenvalue weighted by atomic mass is 9.93. The van der Waals surface area contributed by atoms with Gasteiger partial charge in [-0.2, -0.15) is 5.10 Å². The Labute approximate surface area is 120 Å². The van der Waals surface area contributed by atoms with Crippen LogP contribution >= 0.6 is 0 Å².